The van der Waals surface area contributed by atoms with Gasteiger partial charge in [-0.3, -0.25) is 0 Å². The molecule has 0 bridgehead atoms. The molecule has 0 aliphatic carbocycles. The molecule has 0 unspecified atom stereocenters. The first-order valence-electron chi connectivity index (χ1n) is 6.93. The van der Waals surface area contributed by atoms with Crippen molar-refractivity contribution >= 4 is 44.3 Å². The number of nitrogens with one attached hydrogen (secondary N) is 1. The summed E-state index contributed by atoms with van der Waals surface area (Å²) in [6.45, 7) is 6.49. The molecule has 2 rings (SSSR count). The quantitative estimate of drug-likeness (QED) is 0.649. The molecule has 0 aliphatic heterocycles. The van der Waals surface area contributed by atoms with Crippen molar-refractivity contribution in [1.82, 2.24) is 9.97 Å². The normalized spacial score (nSPS) is 11.0. The third-order valence-corrected chi connectivity index (χ3v) is 4.91. The molecular weight excluding hydrogens is 441 g/mol. The van der Waals surface area contributed by atoms with Crippen molar-refractivity contribution in [2.24, 2.45) is 5.92 Å². The van der Waals surface area contributed by atoms with Crippen molar-refractivity contribution in [1.29, 1.82) is 0 Å². The first kappa shape index (κ1) is 16.7. The fourth-order valence-corrected chi connectivity index (χ4v) is 3.50. The Morgan fingerprint density at radius 3 is 2.57 bits per heavy atom. The van der Waals surface area contributed by atoms with E-state index in [0.717, 1.165) is 37.4 Å². The molecule has 2 aromatic rings. The lowest BCUT2D eigenvalue weighted by Gasteiger charge is -2.13. The first-order chi connectivity index (χ1) is 9.92. The molecule has 0 fully saturated rings. The van der Waals surface area contributed by atoms with Crippen LogP contribution in [0.1, 0.15) is 25.1 Å². The lowest BCUT2D eigenvalue weighted by molar-refractivity contribution is 0.632. The minimum Gasteiger partial charge on any atom is -0.372 e. The molecule has 1 N–H and O–H groups in total. The summed E-state index contributed by atoms with van der Waals surface area (Å²) in [7, 11) is 1.90. The summed E-state index contributed by atoms with van der Waals surface area (Å²) >= 11 is 5.95. The van der Waals surface area contributed by atoms with Crippen LogP contribution in [0.5, 0.6) is 0 Å². The minimum atomic E-state index is 0.562. The summed E-state index contributed by atoms with van der Waals surface area (Å²) in [5, 5.41) is 3.18. The maximum absolute atomic E-state index is 4.79. The van der Waals surface area contributed by atoms with Gasteiger partial charge in [-0.15, -0.1) is 0 Å². The van der Waals surface area contributed by atoms with E-state index in [2.05, 4.69) is 87.8 Å². The van der Waals surface area contributed by atoms with Crippen LogP contribution in [0.15, 0.2) is 22.7 Å². The second kappa shape index (κ2) is 7.05. The summed E-state index contributed by atoms with van der Waals surface area (Å²) < 4.78 is 2.14. The molecule has 0 saturated carbocycles. The lowest BCUT2D eigenvalue weighted by Crippen LogP contribution is -2.08. The first-order valence-corrected chi connectivity index (χ1v) is 8.80. The topological polar surface area (TPSA) is 37.8 Å². The summed E-state index contributed by atoms with van der Waals surface area (Å²) in [5.74, 6) is 2.22. The van der Waals surface area contributed by atoms with Gasteiger partial charge in [0.05, 0.1) is 9.26 Å². The van der Waals surface area contributed by atoms with Gasteiger partial charge in [-0.1, -0.05) is 35.8 Å². The predicted octanol–water partition coefficient (Wildman–Crippen LogP) is 5.06. The third-order valence-electron chi connectivity index (χ3n) is 3.12. The fourth-order valence-electron chi connectivity index (χ4n) is 2.10. The smallest absolute Gasteiger partial charge is 0.162 e. The molecule has 1 aromatic heterocycles. The van der Waals surface area contributed by atoms with Crippen molar-refractivity contribution in [3.8, 4) is 11.4 Å². The van der Waals surface area contributed by atoms with Crippen LogP contribution in [-0.2, 0) is 6.42 Å². The maximum atomic E-state index is 4.79. The van der Waals surface area contributed by atoms with E-state index in [1.807, 2.05) is 7.05 Å². The van der Waals surface area contributed by atoms with Gasteiger partial charge in [0.25, 0.3) is 0 Å². The standard InChI is InChI=1S/C16H19BrIN3/c1-9(2)7-13-14(18)16(19-4)21-15(20-13)11-6-5-10(3)8-12(11)17/h5-6,8-9H,7H2,1-4H3,(H,19,20,21). The zero-order chi connectivity index (χ0) is 15.6. The van der Waals surface area contributed by atoms with Crippen LogP contribution < -0.4 is 5.32 Å². The van der Waals surface area contributed by atoms with Gasteiger partial charge in [0.15, 0.2) is 5.82 Å². The molecule has 1 heterocycles. The minimum absolute atomic E-state index is 0.562. The monoisotopic (exact) mass is 459 g/mol. The number of hydrogen-bond acceptors (Lipinski definition) is 3. The molecule has 5 heteroatoms. The predicted molar refractivity (Wildman–Crippen MR) is 101 cm³/mol. The number of aryl methyl sites for hydroxylation is 1. The van der Waals surface area contributed by atoms with Crippen molar-refractivity contribution in [3.05, 3.63) is 37.5 Å². The second-order valence-corrected chi connectivity index (χ2v) is 7.42. The van der Waals surface area contributed by atoms with Gasteiger partial charge in [0.1, 0.15) is 5.82 Å². The van der Waals surface area contributed by atoms with Crippen molar-refractivity contribution < 1.29 is 0 Å². The Kier molecular flexibility index (Phi) is 5.60. The summed E-state index contributed by atoms with van der Waals surface area (Å²) in [5.41, 5.74) is 3.35. The van der Waals surface area contributed by atoms with E-state index in [-0.39, 0.29) is 0 Å². The number of aromatic nitrogens is 2. The lowest BCUT2D eigenvalue weighted by atomic mass is 10.1. The Morgan fingerprint density at radius 2 is 2.00 bits per heavy atom. The van der Waals surface area contributed by atoms with Crippen molar-refractivity contribution in [3.63, 3.8) is 0 Å². The molecule has 0 amide bonds. The molecule has 21 heavy (non-hydrogen) atoms. The van der Waals surface area contributed by atoms with E-state index in [0.29, 0.717) is 5.92 Å². The van der Waals surface area contributed by atoms with Gasteiger partial charge >= 0.3 is 0 Å². The Labute approximate surface area is 148 Å². The van der Waals surface area contributed by atoms with Crippen molar-refractivity contribution in [2.45, 2.75) is 27.2 Å². The number of hydrogen-bond donors (Lipinski definition) is 1. The molecule has 0 atom stereocenters. The van der Waals surface area contributed by atoms with Gasteiger partial charge in [-0.25, -0.2) is 9.97 Å². The Bertz CT molecular complexity index is 656. The van der Waals surface area contributed by atoms with E-state index >= 15 is 0 Å². The summed E-state index contributed by atoms with van der Waals surface area (Å²) in [6, 6.07) is 6.25. The summed E-state index contributed by atoms with van der Waals surface area (Å²) in [6.07, 6.45) is 0.950. The maximum Gasteiger partial charge on any atom is 0.162 e. The van der Waals surface area contributed by atoms with Crippen LogP contribution >= 0.6 is 38.5 Å². The number of halogens is 2. The van der Waals surface area contributed by atoms with Crippen LogP contribution in [0.3, 0.4) is 0 Å². The highest BCUT2D eigenvalue weighted by Crippen LogP contribution is 2.30. The Hall–Kier alpha value is -0.690. The van der Waals surface area contributed by atoms with Gasteiger partial charge in [0, 0.05) is 17.1 Å². The molecule has 3 nitrogen and oxygen atoms in total. The molecule has 112 valence electrons. The molecule has 0 radical (unpaired) electrons. The zero-order valence-corrected chi connectivity index (χ0v) is 16.4. The zero-order valence-electron chi connectivity index (χ0n) is 12.7. The van der Waals surface area contributed by atoms with E-state index in [1.54, 1.807) is 0 Å². The average Bonchev–Trinajstić information content (AvgIpc) is 2.41. The van der Waals surface area contributed by atoms with E-state index < -0.39 is 0 Å². The van der Waals surface area contributed by atoms with Gasteiger partial charge in [-0.2, -0.15) is 0 Å². The van der Waals surface area contributed by atoms with Crippen LogP contribution in [-0.4, -0.2) is 17.0 Å². The third kappa shape index (κ3) is 3.94. The molecule has 0 spiro atoms. The number of benzene rings is 1. The fraction of sp³-hybridized carbons (Fsp3) is 0.375. The van der Waals surface area contributed by atoms with Crippen LogP contribution in [0.4, 0.5) is 5.82 Å². The van der Waals surface area contributed by atoms with Gasteiger partial charge in [0.2, 0.25) is 0 Å². The van der Waals surface area contributed by atoms with E-state index in [1.165, 1.54) is 5.56 Å². The van der Waals surface area contributed by atoms with Crippen LogP contribution in [0, 0.1) is 16.4 Å². The highest BCUT2D eigenvalue weighted by molar-refractivity contribution is 14.1. The van der Waals surface area contributed by atoms with E-state index in [9.17, 15) is 0 Å². The van der Waals surface area contributed by atoms with E-state index in [4.69, 9.17) is 4.98 Å². The summed E-state index contributed by atoms with van der Waals surface area (Å²) in [4.78, 5) is 9.45. The number of rotatable bonds is 4. The van der Waals surface area contributed by atoms with Crippen molar-refractivity contribution in [2.75, 3.05) is 12.4 Å². The number of anilines is 1. The Balaban J connectivity index is 2.58. The van der Waals surface area contributed by atoms with Gasteiger partial charge in [-0.05, 0) is 59.5 Å². The second-order valence-electron chi connectivity index (χ2n) is 5.49. The molecular formula is C16H19BrIN3. The number of nitrogens with zero attached hydrogens (tertiary/aromatic N) is 2. The Morgan fingerprint density at radius 1 is 1.29 bits per heavy atom. The van der Waals surface area contributed by atoms with Crippen LogP contribution in [0.25, 0.3) is 11.4 Å². The van der Waals surface area contributed by atoms with Gasteiger partial charge < -0.3 is 5.32 Å². The molecule has 1 aromatic carbocycles. The SMILES string of the molecule is CNc1nc(-c2ccc(C)cc2Br)nc(CC(C)C)c1I. The molecule has 0 aliphatic rings. The largest absolute Gasteiger partial charge is 0.372 e. The van der Waals surface area contributed by atoms with Crippen LogP contribution in [0.2, 0.25) is 0 Å². The average molecular weight is 460 g/mol. The molecule has 0 saturated heterocycles. The highest BCUT2D eigenvalue weighted by Gasteiger charge is 2.15. The highest BCUT2D eigenvalue weighted by atomic mass is 127.